The van der Waals surface area contributed by atoms with Crippen LogP contribution < -0.4 is 0 Å². The Labute approximate surface area is 163 Å². The fourth-order valence-electron chi connectivity index (χ4n) is 3.81. The van der Waals surface area contributed by atoms with Gasteiger partial charge in [0.05, 0.1) is 29.8 Å². The zero-order valence-electron chi connectivity index (χ0n) is 13.8. The molecule has 1 aliphatic carbocycles. The minimum absolute atomic E-state index is 0.0656. The lowest BCUT2D eigenvalue weighted by atomic mass is 9.96. The van der Waals surface area contributed by atoms with Gasteiger partial charge >= 0.3 is 0 Å². The molecule has 26 heavy (non-hydrogen) atoms. The number of nitrogens with zero attached hydrogens (tertiary/aromatic N) is 6. The highest BCUT2D eigenvalue weighted by molar-refractivity contribution is 9.10. The Morgan fingerprint density at radius 3 is 2.92 bits per heavy atom. The maximum absolute atomic E-state index is 13.0. The van der Waals surface area contributed by atoms with E-state index in [0.29, 0.717) is 28.3 Å². The fraction of sp³-hybridized carbons (Fsp3) is 0.412. The van der Waals surface area contributed by atoms with Gasteiger partial charge in [-0.3, -0.25) is 4.68 Å². The van der Waals surface area contributed by atoms with Gasteiger partial charge in [-0.15, -0.1) is 3.89 Å². The second kappa shape index (κ2) is 7.37. The summed E-state index contributed by atoms with van der Waals surface area (Å²) in [7, 11) is 0. The second-order valence-corrected chi connectivity index (χ2v) is 7.74. The quantitative estimate of drug-likeness (QED) is 0.559. The fourth-order valence-corrected chi connectivity index (χ4v) is 4.60. The first-order chi connectivity index (χ1) is 12.7. The van der Waals surface area contributed by atoms with Gasteiger partial charge in [0.25, 0.3) is 0 Å². The van der Waals surface area contributed by atoms with Gasteiger partial charge < -0.3 is 0 Å². The van der Waals surface area contributed by atoms with Crippen molar-refractivity contribution in [3.05, 3.63) is 29.4 Å². The summed E-state index contributed by atoms with van der Waals surface area (Å²) >= 11 is 3.63. The highest BCUT2D eigenvalue weighted by atomic mass is 79.9. The Balaban J connectivity index is 1.77. The van der Waals surface area contributed by atoms with Gasteiger partial charge in [0, 0.05) is 17.8 Å². The summed E-state index contributed by atoms with van der Waals surface area (Å²) in [5, 5.41) is 14.6. The monoisotopic (exact) mass is 434 g/mol. The van der Waals surface area contributed by atoms with Gasteiger partial charge in [-0.25, -0.2) is 13.9 Å². The van der Waals surface area contributed by atoms with E-state index in [1.807, 2.05) is 10.9 Å². The molecule has 1 fully saturated rings. The minimum atomic E-state index is 0.0656. The summed E-state index contributed by atoms with van der Waals surface area (Å²) in [6.45, 7) is 0. The summed E-state index contributed by atoms with van der Waals surface area (Å²) < 4.78 is 17.0. The standard InChI is InChI=1S/C17H16BrFN6S/c18-16-13(15-12-6-8-25(26-19)17(12)22-10-21-15)9-24(23-16)14(5-7-20)11-3-1-2-4-11/h6,8-11,14H,1-5H2. The summed E-state index contributed by atoms with van der Waals surface area (Å²) in [4.78, 5) is 8.56. The van der Waals surface area contributed by atoms with Gasteiger partial charge in [-0.05, 0) is 40.8 Å². The molecule has 134 valence electrons. The van der Waals surface area contributed by atoms with Crippen LogP contribution in [-0.4, -0.2) is 23.7 Å². The van der Waals surface area contributed by atoms with E-state index in [9.17, 15) is 9.15 Å². The number of halogens is 2. The van der Waals surface area contributed by atoms with Crippen LogP contribution in [0.15, 0.2) is 29.4 Å². The lowest BCUT2D eigenvalue weighted by Crippen LogP contribution is -2.17. The van der Waals surface area contributed by atoms with Crippen LogP contribution >= 0.6 is 28.3 Å². The molecule has 0 saturated heterocycles. The molecule has 0 aromatic carbocycles. The maximum atomic E-state index is 13.0. The highest BCUT2D eigenvalue weighted by Gasteiger charge is 2.28. The number of hydrogen-bond donors (Lipinski definition) is 0. The molecule has 0 aliphatic heterocycles. The van der Waals surface area contributed by atoms with E-state index in [2.05, 4.69) is 37.1 Å². The smallest absolute Gasteiger partial charge is 0.171 e. The number of hydrogen-bond acceptors (Lipinski definition) is 5. The third-order valence-electron chi connectivity index (χ3n) is 5.05. The van der Waals surface area contributed by atoms with Crippen molar-refractivity contribution in [1.82, 2.24) is 23.7 Å². The van der Waals surface area contributed by atoms with E-state index in [1.54, 1.807) is 12.3 Å². The van der Waals surface area contributed by atoms with Crippen molar-refractivity contribution in [1.29, 1.82) is 5.26 Å². The zero-order valence-corrected chi connectivity index (χ0v) is 16.2. The molecule has 3 aromatic heterocycles. The maximum Gasteiger partial charge on any atom is 0.171 e. The van der Waals surface area contributed by atoms with Crippen LogP contribution in [0.2, 0.25) is 0 Å². The first-order valence-corrected chi connectivity index (χ1v) is 9.92. The van der Waals surface area contributed by atoms with Crippen molar-refractivity contribution in [3.8, 4) is 17.3 Å². The summed E-state index contributed by atoms with van der Waals surface area (Å²) in [6, 6.07) is 4.16. The zero-order chi connectivity index (χ0) is 18.1. The molecule has 0 N–H and O–H groups in total. The van der Waals surface area contributed by atoms with E-state index in [4.69, 9.17) is 0 Å². The first kappa shape index (κ1) is 17.5. The van der Waals surface area contributed by atoms with Crippen LogP contribution in [0.4, 0.5) is 3.89 Å². The number of aromatic nitrogens is 5. The molecule has 0 amide bonds. The van der Waals surface area contributed by atoms with Gasteiger partial charge in [0.15, 0.2) is 18.0 Å². The number of nitriles is 1. The summed E-state index contributed by atoms with van der Waals surface area (Å²) in [6.07, 6.45) is 10.1. The molecule has 9 heteroatoms. The largest absolute Gasteiger partial charge is 0.267 e. The van der Waals surface area contributed by atoms with Crippen molar-refractivity contribution in [2.45, 2.75) is 38.1 Å². The van der Waals surface area contributed by atoms with Crippen LogP contribution in [0.5, 0.6) is 0 Å². The van der Waals surface area contributed by atoms with Crippen LogP contribution in [0.3, 0.4) is 0 Å². The van der Waals surface area contributed by atoms with E-state index in [0.717, 1.165) is 23.8 Å². The first-order valence-electron chi connectivity index (χ1n) is 8.46. The number of fused-ring (bicyclic) bond motifs is 1. The minimum Gasteiger partial charge on any atom is -0.267 e. The molecule has 1 unspecified atom stereocenters. The van der Waals surface area contributed by atoms with E-state index in [-0.39, 0.29) is 18.4 Å². The van der Waals surface area contributed by atoms with Crippen LogP contribution in [0, 0.1) is 17.2 Å². The summed E-state index contributed by atoms with van der Waals surface area (Å²) in [5.41, 5.74) is 2.04. The number of rotatable bonds is 5. The molecule has 3 heterocycles. The van der Waals surface area contributed by atoms with Crippen LogP contribution in [0.25, 0.3) is 22.3 Å². The molecule has 3 aromatic rings. The molecule has 1 atom stereocenters. The van der Waals surface area contributed by atoms with Crippen LogP contribution in [0.1, 0.15) is 38.1 Å². The topological polar surface area (TPSA) is 72.3 Å². The molecule has 0 bridgehead atoms. The molecule has 0 radical (unpaired) electrons. The van der Waals surface area contributed by atoms with Gasteiger partial charge in [-0.1, -0.05) is 12.8 Å². The van der Waals surface area contributed by atoms with Crippen molar-refractivity contribution in [2.75, 3.05) is 0 Å². The van der Waals surface area contributed by atoms with E-state index >= 15 is 0 Å². The van der Waals surface area contributed by atoms with Gasteiger partial charge in [-0.2, -0.15) is 10.4 Å². The molecule has 6 nitrogen and oxygen atoms in total. The normalized spacial score (nSPS) is 16.2. The van der Waals surface area contributed by atoms with Crippen molar-refractivity contribution >= 4 is 39.3 Å². The predicted molar refractivity (Wildman–Crippen MR) is 102 cm³/mol. The molecule has 0 spiro atoms. The summed E-state index contributed by atoms with van der Waals surface area (Å²) in [5.74, 6) is 0.476. The molecule has 1 saturated carbocycles. The lowest BCUT2D eigenvalue weighted by Gasteiger charge is -2.21. The van der Waals surface area contributed by atoms with Crippen LogP contribution in [-0.2, 0) is 0 Å². The second-order valence-electron chi connectivity index (χ2n) is 6.46. The Morgan fingerprint density at radius 2 is 2.19 bits per heavy atom. The van der Waals surface area contributed by atoms with Crippen molar-refractivity contribution in [2.24, 2.45) is 5.92 Å². The Bertz CT molecular complexity index is 971. The SMILES string of the molecule is N#CCC(C1CCCC1)n1cc(-c2ncnc3c2ccn3SF)c(Br)n1. The van der Waals surface area contributed by atoms with Gasteiger partial charge in [0.2, 0.25) is 0 Å². The lowest BCUT2D eigenvalue weighted by molar-refractivity contribution is 0.314. The Hall–Kier alpha value is -1.92. The predicted octanol–water partition coefficient (Wildman–Crippen LogP) is 5.08. The third kappa shape index (κ3) is 3.01. The van der Waals surface area contributed by atoms with Crippen molar-refractivity contribution < 1.29 is 3.89 Å². The molecular weight excluding hydrogens is 419 g/mol. The van der Waals surface area contributed by atoms with Crippen molar-refractivity contribution in [3.63, 3.8) is 0 Å². The molecule has 4 rings (SSSR count). The highest BCUT2D eigenvalue weighted by Crippen LogP contribution is 2.38. The van der Waals surface area contributed by atoms with E-state index in [1.165, 1.54) is 23.1 Å². The van der Waals surface area contributed by atoms with E-state index < -0.39 is 0 Å². The van der Waals surface area contributed by atoms with Gasteiger partial charge in [0.1, 0.15) is 10.9 Å². The molecular formula is C17H16BrFN6S. The molecule has 1 aliphatic rings. The average molecular weight is 435 g/mol. The Kier molecular flexibility index (Phi) is 4.96. The third-order valence-corrected chi connectivity index (χ3v) is 6.08. The Morgan fingerprint density at radius 1 is 1.38 bits per heavy atom. The average Bonchev–Trinajstić information content (AvgIpc) is 3.39.